The molecule has 7 heteroatoms. The average Bonchev–Trinajstić information content (AvgIpc) is 2.69. The molecule has 142 valence electrons. The fraction of sp³-hybridized carbons (Fsp3) is 0.0476. The lowest BCUT2D eigenvalue weighted by Gasteiger charge is -2.10. The van der Waals surface area contributed by atoms with Crippen LogP contribution in [0.15, 0.2) is 72.8 Å². The molecule has 0 saturated heterocycles. The summed E-state index contributed by atoms with van der Waals surface area (Å²) in [5, 5.41) is 6.29. The van der Waals surface area contributed by atoms with Gasteiger partial charge in [-0.05, 0) is 48.5 Å². The number of carbonyl (C=O) groups excluding carboxylic acids is 2. The first kappa shape index (κ1) is 19.7. The van der Waals surface area contributed by atoms with Crippen LogP contribution in [0.1, 0.15) is 10.4 Å². The van der Waals surface area contributed by atoms with Crippen LogP contribution in [-0.2, 0) is 4.79 Å². The Labute approximate surface area is 172 Å². The van der Waals surface area contributed by atoms with Crippen LogP contribution in [0.5, 0.6) is 5.75 Å². The lowest BCUT2D eigenvalue weighted by molar-refractivity contribution is -0.118. The quantitative estimate of drug-likeness (QED) is 0.577. The van der Waals surface area contributed by atoms with Crippen molar-refractivity contribution in [3.8, 4) is 5.75 Å². The molecule has 3 aromatic carbocycles. The first-order valence-corrected chi connectivity index (χ1v) is 9.11. The standard InChI is InChI=1S/C21H16Cl2N2O3/c22-17-6-2-1-5-16(17)21(27)25-15-11-9-14(10-12-15)24-20(26)13-28-19-8-4-3-7-18(19)23/h1-12H,13H2,(H,24,26)(H,25,27). The number of ether oxygens (including phenoxy) is 1. The van der Waals surface area contributed by atoms with E-state index in [2.05, 4.69) is 10.6 Å². The normalized spacial score (nSPS) is 10.2. The zero-order chi connectivity index (χ0) is 19.9. The smallest absolute Gasteiger partial charge is 0.262 e. The van der Waals surface area contributed by atoms with E-state index in [1.165, 1.54) is 0 Å². The Kier molecular flexibility index (Phi) is 6.53. The zero-order valence-electron chi connectivity index (χ0n) is 14.6. The number of benzene rings is 3. The third kappa shape index (κ3) is 5.25. The maximum absolute atomic E-state index is 12.3. The van der Waals surface area contributed by atoms with Crippen molar-refractivity contribution in [2.45, 2.75) is 0 Å². The van der Waals surface area contributed by atoms with Gasteiger partial charge in [-0.2, -0.15) is 0 Å². The van der Waals surface area contributed by atoms with Crippen molar-refractivity contribution < 1.29 is 14.3 Å². The molecule has 0 aliphatic carbocycles. The Bertz CT molecular complexity index is 991. The third-order valence-corrected chi connectivity index (χ3v) is 4.38. The van der Waals surface area contributed by atoms with Gasteiger partial charge in [0.25, 0.3) is 11.8 Å². The number of nitrogens with one attached hydrogen (secondary N) is 2. The minimum Gasteiger partial charge on any atom is -0.482 e. The van der Waals surface area contributed by atoms with Gasteiger partial charge in [-0.3, -0.25) is 9.59 Å². The Morgan fingerprint density at radius 3 is 1.96 bits per heavy atom. The molecule has 0 aliphatic rings. The van der Waals surface area contributed by atoms with Crippen molar-refractivity contribution in [3.63, 3.8) is 0 Å². The molecule has 2 N–H and O–H groups in total. The van der Waals surface area contributed by atoms with E-state index in [1.807, 2.05) is 0 Å². The molecule has 0 saturated carbocycles. The van der Waals surface area contributed by atoms with Crippen molar-refractivity contribution in [3.05, 3.63) is 88.4 Å². The highest BCUT2D eigenvalue weighted by atomic mass is 35.5. The molecule has 0 atom stereocenters. The van der Waals surface area contributed by atoms with Crippen LogP contribution < -0.4 is 15.4 Å². The van der Waals surface area contributed by atoms with Crippen LogP contribution in [0.3, 0.4) is 0 Å². The van der Waals surface area contributed by atoms with E-state index in [0.717, 1.165) is 0 Å². The molecule has 5 nitrogen and oxygen atoms in total. The number of hydrogen-bond acceptors (Lipinski definition) is 3. The van der Waals surface area contributed by atoms with Gasteiger partial charge in [-0.25, -0.2) is 0 Å². The largest absolute Gasteiger partial charge is 0.482 e. The second-order valence-corrected chi connectivity index (χ2v) is 6.59. The van der Waals surface area contributed by atoms with Gasteiger partial charge in [0.15, 0.2) is 6.61 Å². The van der Waals surface area contributed by atoms with Crippen molar-refractivity contribution in [1.82, 2.24) is 0 Å². The number of rotatable bonds is 6. The highest BCUT2D eigenvalue weighted by molar-refractivity contribution is 6.34. The summed E-state index contributed by atoms with van der Waals surface area (Å²) < 4.78 is 5.39. The first-order valence-electron chi connectivity index (χ1n) is 8.36. The van der Waals surface area contributed by atoms with Gasteiger partial charge in [-0.15, -0.1) is 0 Å². The molecule has 0 bridgehead atoms. The molecule has 3 rings (SSSR count). The summed E-state index contributed by atoms with van der Waals surface area (Å²) in [6.07, 6.45) is 0. The van der Waals surface area contributed by atoms with Gasteiger partial charge in [0.2, 0.25) is 0 Å². The number of hydrogen-bond donors (Lipinski definition) is 2. The fourth-order valence-corrected chi connectivity index (χ4v) is 2.79. The molecule has 0 aliphatic heterocycles. The van der Waals surface area contributed by atoms with Gasteiger partial charge >= 0.3 is 0 Å². The average molecular weight is 415 g/mol. The van der Waals surface area contributed by atoms with Crippen LogP contribution >= 0.6 is 23.2 Å². The van der Waals surface area contributed by atoms with E-state index >= 15 is 0 Å². The lowest BCUT2D eigenvalue weighted by Crippen LogP contribution is -2.20. The lowest BCUT2D eigenvalue weighted by atomic mass is 10.2. The Hall–Kier alpha value is -3.02. The molecule has 0 radical (unpaired) electrons. The van der Waals surface area contributed by atoms with Crippen molar-refractivity contribution in [2.75, 3.05) is 17.2 Å². The van der Waals surface area contributed by atoms with Crippen molar-refractivity contribution in [1.29, 1.82) is 0 Å². The molecule has 2 amide bonds. The second-order valence-electron chi connectivity index (χ2n) is 5.78. The fourth-order valence-electron chi connectivity index (χ4n) is 2.38. The molecule has 3 aromatic rings. The van der Waals surface area contributed by atoms with Crippen molar-refractivity contribution in [2.24, 2.45) is 0 Å². The molecule has 28 heavy (non-hydrogen) atoms. The molecular weight excluding hydrogens is 399 g/mol. The van der Waals surface area contributed by atoms with Crippen LogP contribution in [0.25, 0.3) is 0 Å². The highest BCUT2D eigenvalue weighted by Crippen LogP contribution is 2.23. The van der Waals surface area contributed by atoms with Crippen LogP contribution in [0.4, 0.5) is 11.4 Å². The van der Waals surface area contributed by atoms with Crippen LogP contribution in [0, 0.1) is 0 Å². The molecule has 0 heterocycles. The summed E-state index contributed by atoms with van der Waals surface area (Å²) >= 11 is 12.0. The van der Waals surface area contributed by atoms with Gasteiger partial charge in [0.1, 0.15) is 5.75 Å². The first-order chi connectivity index (χ1) is 13.5. The Balaban J connectivity index is 1.54. The monoisotopic (exact) mass is 414 g/mol. The predicted molar refractivity (Wildman–Crippen MR) is 111 cm³/mol. The third-order valence-electron chi connectivity index (χ3n) is 3.74. The van der Waals surface area contributed by atoms with Crippen molar-refractivity contribution >= 4 is 46.4 Å². The van der Waals surface area contributed by atoms with Crippen LogP contribution in [-0.4, -0.2) is 18.4 Å². The summed E-state index contributed by atoms with van der Waals surface area (Å²) in [5.74, 6) is -0.194. The maximum atomic E-state index is 12.3. The molecule has 0 spiro atoms. The number of para-hydroxylation sites is 1. The van der Waals surface area contributed by atoms with E-state index in [-0.39, 0.29) is 18.4 Å². The maximum Gasteiger partial charge on any atom is 0.262 e. The van der Waals surface area contributed by atoms with E-state index in [4.69, 9.17) is 27.9 Å². The van der Waals surface area contributed by atoms with E-state index in [0.29, 0.717) is 32.7 Å². The molecular formula is C21H16Cl2N2O3. The number of halogens is 2. The minimum absolute atomic E-state index is 0.172. The summed E-state index contributed by atoms with van der Waals surface area (Å²) in [4.78, 5) is 24.3. The topological polar surface area (TPSA) is 67.4 Å². The predicted octanol–water partition coefficient (Wildman–Crippen LogP) is 5.26. The molecule has 0 fully saturated rings. The Morgan fingerprint density at radius 2 is 1.32 bits per heavy atom. The summed E-state index contributed by atoms with van der Waals surface area (Å²) in [7, 11) is 0. The Morgan fingerprint density at radius 1 is 0.750 bits per heavy atom. The number of amides is 2. The number of anilines is 2. The van der Waals surface area contributed by atoms with E-state index in [1.54, 1.807) is 72.8 Å². The zero-order valence-corrected chi connectivity index (χ0v) is 16.1. The SMILES string of the molecule is O=C(COc1ccccc1Cl)Nc1ccc(NC(=O)c2ccccc2Cl)cc1. The number of carbonyl (C=O) groups is 2. The highest BCUT2D eigenvalue weighted by Gasteiger charge is 2.10. The van der Waals surface area contributed by atoms with Gasteiger partial charge in [0.05, 0.1) is 15.6 Å². The summed E-state index contributed by atoms with van der Waals surface area (Å²) in [6, 6.07) is 20.4. The summed E-state index contributed by atoms with van der Waals surface area (Å²) in [5.41, 5.74) is 1.54. The van der Waals surface area contributed by atoms with E-state index < -0.39 is 0 Å². The van der Waals surface area contributed by atoms with Crippen LogP contribution in [0.2, 0.25) is 10.0 Å². The summed E-state index contributed by atoms with van der Waals surface area (Å²) in [6.45, 7) is -0.172. The van der Waals surface area contributed by atoms with Gasteiger partial charge in [-0.1, -0.05) is 47.5 Å². The minimum atomic E-state index is -0.326. The molecule has 0 aromatic heterocycles. The molecule has 0 unspecified atom stereocenters. The van der Waals surface area contributed by atoms with Gasteiger partial charge < -0.3 is 15.4 Å². The van der Waals surface area contributed by atoms with E-state index in [9.17, 15) is 9.59 Å². The second kappa shape index (κ2) is 9.26. The van der Waals surface area contributed by atoms with Gasteiger partial charge in [0, 0.05) is 11.4 Å².